The molecule has 116 valence electrons. The Hall–Kier alpha value is -1.89. The molecule has 2 aromatic rings. The molecule has 5 nitrogen and oxygen atoms in total. The van der Waals surface area contributed by atoms with Crippen molar-refractivity contribution in [1.82, 2.24) is 4.31 Å². The second-order valence-electron chi connectivity index (χ2n) is 5.17. The zero-order chi connectivity index (χ0) is 15.6. The van der Waals surface area contributed by atoms with Gasteiger partial charge >= 0.3 is 0 Å². The maximum absolute atomic E-state index is 12.5. The summed E-state index contributed by atoms with van der Waals surface area (Å²) >= 11 is 0. The molecule has 0 unspecified atom stereocenters. The van der Waals surface area contributed by atoms with E-state index in [1.807, 2.05) is 18.2 Å². The number of β-amino-alcohol motifs (C(OH)–C–C–N with tert-alkyl or cyclic N) is 1. The fraction of sp³-hybridized carbons (Fsp3) is 0.250. The highest BCUT2D eigenvalue weighted by Gasteiger charge is 2.39. The molecule has 2 atom stereocenters. The van der Waals surface area contributed by atoms with Gasteiger partial charge < -0.3 is 9.84 Å². The minimum atomic E-state index is -3.60. The van der Waals surface area contributed by atoms with Gasteiger partial charge in [-0.3, -0.25) is 0 Å². The van der Waals surface area contributed by atoms with Crippen LogP contribution in [-0.2, 0) is 10.0 Å². The van der Waals surface area contributed by atoms with Gasteiger partial charge in [0.2, 0.25) is 10.0 Å². The van der Waals surface area contributed by atoms with Crippen LogP contribution < -0.4 is 4.74 Å². The van der Waals surface area contributed by atoms with Crippen LogP contribution in [0.2, 0.25) is 0 Å². The first-order chi connectivity index (χ1) is 10.6. The first kappa shape index (κ1) is 15.0. The van der Waals surface area contributed by atoms with E-state index in [4.69, 9.17) is 4.74 Å². The van der Waals surface area contributed by atoms with Gasteiger partial charge in [0.15, 0.2) is 0 Å². The highest BCUT2D eigenvalue weighted by Crippen LogP contribution is 2.24. The Kier molecular flexibility index (Phi) is 4.15. The Morgan fingerprint density at radius 2 is 1.55 bits per heavy atom. The van der Waals surface area contributed by atoms with Gasteiger partial charge in [0.25, 0.3) is 0 Å². The van der Waals surface area contributed by atoms with Crippen molar-refractivity contribution in [2.45, 2.75) is 17.1 Å². The van der Waals surface area contributed by atoms with Crippen LogP contribution in [0.15, 0.2) is 65.6 Å². The largest absolute Gasteiger partial charge is 0.486 e. The molecule has 0 amide bonds. The van der Waals surface area contributed by atoms with Crippen LogP contribution in [0.5, 0.6) is 5.75 Å². The van der Waals surface area contributed by atoms with E-state index in [1.165, 1.54) is 4.31 Å². The van der Waals surface area contributed by atoms with Gasteiger partial charge in [-0.2, -0.15) is 4.31 Å². The molecule has 6 heteroatoms. The summed E-state index contributed by atoms with van der Waals surface area (Å²) in [5, 5.41) is 10.1. The van der Waals surface area contributed by atoms with Crippen molar-refractivity contribution in [3.8, 4) is 5.75 Å². The average Bonchev–Trinajstić information content (AvgIpc) is 2.91. The van der Waals surface area contributed by atoms with Crippen molar-refractivity contribution < 1.29 is 18.3 Å². The van der Waals surface area contributed by atoms with Gasteiger partial charge in [0, 0.05) is 6.54 Å². The van der Waals surface area contributed by atoms with E-state index in [-0.39, 0.29) is 18.0 Å². The summed E-state index contributed by atoms with van der Waals surface area (Å²) in [5.41, 5.74) is 0. The standard InChI is InChI=1S/C16H17NO4S/c18-15-11-17(22(19,20)14-9-5-2-6-10-14)12-16(15)21-13-7-3-1-4-8-13/h1-10,15-16,18H,11-12H2/t15-,16-/m1/s1. The number of hydrogen-bond donors (Lipinski definition) is 1. The van der Waals surface area contributed by atoms with Crippen LogP contribution in [0.1, 0.15) is 0 Å². The van der Waals surface area contributed by atoms with Gasteiger partial charge in [-0.05, 0) is 24.3 Å². The zero-order valence-corrected chi connectivity index (χ0v) is 12.7. The van der Waals surface area contributed by atoms with E-state index in [2.05, 4.69) is 0 Å². The van der Waals surface area contributed by atoms with Crippen molar-refractivity contribution >= 4 is 10.0 Å². The minimum absolute atomic E-state index is 0.0364. The SMILES string of the molecule is O=S(=O)(c1ccccc1)N1C[C@@H](O)[C@H](Oc2ccccc2)C1. The molecule has 1 aliphatic rings. The average molecular weight is 319 g/mol. The van der Waals surface area contributed by atoms with Crippen molar-refractivity contribution in [1.29, 1.82) is 0 Å². The normalized spacial score (nSPS) is 22.6. The van der Waals surface area contributed by atoms with E-state index in [1.54, 1.807) is 42.5 Å². The Bertz CT molecular complexity index is 718. The van der Waals surface area contributed by atoms with E-state index in [0.29, 0.717) is 5.75 Å². The summed E-state index contributed by atoms with van der Waals surface area (Å²) in [4.78, 5) is 0.225. The third kappa shape index (κ3) is 2.99. The molecule has 1 fully saturated rings. The zero-order valence-electron chi connectivity index (χ0n) is 11.9. The van der Waals surface area contributed by atoms with Gasteiger partial charge in [-0.1, -0.05) is 36.4 Å². The van der Waals surface area contributed by atoms with Crippen LogP contribution in [0.3, 0.4) is 0 Å². The van der Waals surface area contributed by atoms with Crippen molar-refractivity contribution in [3.05, 3.63) is 60.7 Å². The summed E-state index contributed by atoms with van der Waals surface area (Å²) in [7, 11) is -3.60. The van der Waals surface area contributed by atoms with E-state index < -0.39 is 22.2 Å². The number of benzene rings is 2. The number of nitrogens with zero attached hydrogens (tertiary/aromatic N) is 1. The van der Waals surface area contributed by atoms with Gasteiger partial charge in [-0.15, -0.1) is 0 Å². The first-order valence-electron chi connectivity index (χ1n) is 7.02. The third-order valence-corrected chi connectivity index (χ3v) is 5.46. The summed E-state index contributed by atoms with van der Waals surface area (Å²) in [6, 6.07) is 17.3. The lowest BCUT2D eigenvalue weighted by Crippen LogP contribution is -2.31. The summed E-state index contributed by atoms with van der Waals surface area (Å²) in [6.45, 7) is 0.169. The second-order valence-corrected chi connectivity index (χ2v) is 7.11. The molecule has 3 rings (SSSR count). The lowest BCUT2D eigenvalue weighted by molar-refractivity contribution is 0.0737. The Morgan fingerprint density at radius 3 is 2.18 bits per heavy atom. The molecule has 22 heavy (non-hydrogen) atoms. The summed E-state index contributed by atoms with van der Waals surface area (Å²) in [5.74, 6) is 0.616. The highest BCUT2D eigenvalue weighted by molar-refractivity contribution is 7.89. The monoisotopic (exact) mass is 319 g/mol. The maximum atomic E-state index is 12.5. The summed E-state index contributed by atoms with van der Waals surface area (Å²) in [6.07, 6.45) is -1.42. The summed E-state index contributed by atoms with van der Waals surface area (Å²) < 4.78 is 32.0. The minimum Gasteiger partial charge on any atom is -0.486 e. The molecule has 0 spiro atoms. The number of para-hydroxylation sites is 1. The lowest BCUT2D eigenvalue weighted by Gasteiger charge is -2.17. The Labute approximate surface area is 129 Å². The number of aliphatic hydroxyl groups is 1. The van der Waals surface area contributed by atoms with E-state index >= 15 is 0 Å². The topological polar surface area (TPSA) is 66.8 Å². The Balaban J connectivity index is 1.76. The molecule has 1 saturated heterocycles. The second kappa shape index (κ2) is 6.08. The van der Waals surface area contributed by atoms with Crippen LogP contribution in [0.25, 0.3) is 0 Å². The quantitative estimate of drug-likeness (QED) is 0.927. The molecular weight excluding hydrogens is 302 g/mol. The highest BCUT2D eigenvalue weighted by atomic mass is 32.2. The molecule has 1 N–H and O–H groups in total. The third-order valence-electron chi connectivity index (χ3n) is 3.62. The van der Waals surface area contributed by atoms with Crippen LogP contribution in [-0.4, -0.2) is 43.1 Å². The predicted molar refractivity (Wildman–Crippen MR) is 82.1 cm³/mol. The van der Waals surface area contributed by atoms with Crippen LogP contribution >= 0.6 is 0 Å². The molecule has 0 radical (unpaired) electrons. The Morgan fingerprint density at radius 1 is 0.955 bits per heavy atom. The molecule has 1 heterocycles. The van der Waals surface area contributed by atoms with Gasteiger partial charge in [-0.25, -0.2) is 8.42 Å². The number of ether oxygens (including phenoxy) is 1. The predicted octanol–water partition coefficient (Wildman–Crippen LogP) is 1.50. The molecule has 0 aliphatic carbocycles. The van der Waals surface area contributed by atoms with Crippen molar-refractivity contribution in [2.75, 3.05) is 13.1 Å². The number of rotatable bonds is 4. The van der Waals surface area contributed by atoms with Gasteiger partial charge in [0.1, 0.15) is 18.0 Å². The fourth-order valence-electron chi connectivity index (χ4n) is 2.45. The number of sulfonamides is 1. The lowest BCUT2D eigenvalue weighted by atomic mass is 10.2. The fourth-order valence-corrected chi connectivity index (χ4v) is 3.94. The molecule has 0 aromatic heterocycles. The smallest absolute Gasteiger partial charge is 0.243 e. The molecule has 2 aromatic carbocycles. The number of aliphatic hydroxyl groups excluding tert-OH is 1. The van der Waals surface area contributed by atoms with Crippen molar-refractivity contribution in [2.24, 2.45) is 0 Å². The first-order valence-corrected chi connectivity index (χ1v) is 8.46. The molecular formula is C16H17NO4S. The van der Waals surface area contributed by atoms with Gasteiger partial charge in [0.05, 0.1) is 11.4 Å². The number of hydrogen-bond acceptors (Lipinski definition) is 4. The maximum Gasteiger partial charge on any atom is 0.243 e. The van der Waals surface area contributed by atoms with Crippen LogP contribution in [0, 0.1) is 0 Å². The van der Waals surface area contributed by atoms with E-state index in [9.17, 15) is 13.5 Å². The van der Waals surface area contributed by atoms with Crippen molar-refractivity contribution in [3.63, 3.8) is 0 Å². The molecule has 0 bridgehead atoms. The molecule has 0 saturated carbocycles. The van der Waals surface area contributed by atoms with E-state index in [0.717, 1.165) is 0 Å². The molecule has 1 aliphatic heterocycles. The van der Waals surface area contributed by atoms with Crippen LogP contribution in [0.4, 0.5) is 0 Å².